The lowest BCUT2D eigenvalue weighted by atomic mass is 10.2. The van der Waals surface area contributed by atoms with Crippen molar-refractivity contribution in [1.29, 1.82) is 0 Å². The van der Waals surface area contributed by atoms with Crippen molar-refractivity contribution in [2.45, 2.75) is 26.7 Å². The summed E-state index contributed by atoms with van der Waals surface area (Å²) >= 11 is 1.41. The molecule has 4 nitrogen and oxygen atoms in total. The number of urea groups is 1. The molecule has 5 heteroatoms. The first-order chi connectivity index (χ1) is 9.99. The van der Waals surface area contributed by atoms with E-state index in [1.165, 1.54) is 11.3 Å². The summed E-state index contributed by atoms with van der Waals surface area (Å²) in [6.07, 6.45) is 0.776. The number of aryl methyl sites for hydroxylation is 1. The zero-order chi connectivity index (χ0) is 15.4. The van der Waals surface area contributed by atoms with E-state index < -0.39 is 0 Å². The fraction of sp³-hybridized carbons (Fsp3) is 0.250. The molecular formula is C16H18N2O2S. The molecule has 0 bridgehead atoms. The molecule has 2 amide bonds. The highest BCUT2D eigenvalue weighted by Crippen LogP contribution is 2.31. The predicted molar refractivity (Wildman–Crippen MR) is 87.6 cm³/mol. The minimum atomic E-state index is -0.352. The Bertz CT molecular complexity index is 645. The van der Waals surface area contributed by atoms with Crippen LogP contribution in [-0.4, -0.2) is 12.3 Å². The van der Waals surface area contributed by atoms with Gasteiger partial charge >= 0.3 is 6.03 Å². The molecule has 110 valence electrons. The molecule has 0 atom stereocenters. The van der Waals surface area contributed by atoms with Crippen LogP contribution in [0.4, 0.5) is 16.2 Å². The molecule has 0 saturated heterocycles. The summed E-state index contributed by atoms with van der Waals surface area (Å²) < 4.78 is 0. The van der Waals surface area contributed by atoms with Gasteiger partial charge in [0.05, 0.1) is 10.6 Å². The van der Waals surface area contributed by atoms with Gasteiger partial charge in [-0.1, -0.05) is 31.5 Å². The van der Waals surface area contributed by atoms with Crippen molar-refractivity contribution in [1.82, 2.24) is 0 Å². The molecule has 0 fully saturated rings. The Morgan fingerprint density at radius 3 is 2.43 bits per heavy atom. The molecule has 0 aliphatic carbocycles. The highest BCUT2D eigenvalue weighted by atomic mass is 32.1. The van der Waals surface area contributed by atoms with Crippen molar-refractivity contribution in [3.63, 3.8) is 0 Å². The first-order valence-electron chi connectivity index (χ1n) is 6.73. The van der Waals surface area contributed by atoms with Crippen LogP contribution in [0.5, 0.6) is 0 Å². The maximum atomic E-state index is 12.0. The average molecular weight is 302 g/mol. The third-order valence-electron chi connectivity index (χ3n) is 3.01. The van der Waals surface area contributed by atoms with Crippen LogP contribution in [0.25, 0.3) is 0 Å². The minimum Gasteiger partial charge on any atom is -0.308 e. The highest BCUT2D eigenvalue weighted by Gasteiger charge is 2.13. The van der Waals surface area contributed by atoms with E-state index in [0.717, 1.165) is 16.7 Å². The van der Waals surface area contributed by atoms with Gasteiger partial charge in [0.1, 0.15) is 0 Å². The number of thiophene rings is 1. The normalized spacial score (nSPS) is 10.5. The van der Waals surface area contributed by atoms with Crippen LogP contribution in [0, 0.1) is 6.92 Å². The van der Waals surface area contributed by atoms with Gasteiger partial charge < -0.3 is 10.6 Å². The number of carbonyl (C=O) groups is 2. The molecule has 0 aliphatic rings. The highest BCUT2D eigenvalue weighted by molar-refractivity contribution is 7.14. The fourth-order valence-electron chi connectivity index (χ4n) is 1.82. The topological polar surface area (TPSA) is 58.2 Å². The Hall–Kier alpha value is -2.14. The quantitative estimate of drug-likeness (QED) is 0.808. The molecule has 1 aromatic heterocycles. The summed E-state index contributed by atoms with van der Waals surface area (Å²) in [7, 11) is 0. The maximum Gasteiger partial charge on any atom is 0.323 e. The van der Waals surface area contributed by atoms with Gasteiger partial charge in [0.2, 0.25) is 0 Å². The van der Waals surface area contributed by atoms with Crippen molar-refractivity contribution in [2.24, 2.45) is 0 Å². The fourth-order valence-corrected chi connectivity index (χ4v) is 2.75. The van der Waals surface area contributed by atoms with Crippen molar-refractivity contribution in [2.75, 3.05) is 10.6 Å². The van der Waals surface area contributed by atoms with Crippen LogP contribution in [0.1, 0.15) is 39.9 Å². The number of aldehydes is 1. The molecular weight excluding hydrogens is 284 g/mol. The molecule has 0 saturated carbocycles. The van der Waals surface area contributed by atoms with Crippen LogP contribution in [0.2, 0.25) is 0 Å². The van der Waals surface area contributed by atoms with Crippen molar-refractivity contribution < 1.29 is 9.59 Å². The lowest BCUT2D eigenvalue weighted by molar-refractivity contribution is 0.112. The van der Waals surface area contributed by atoms with Crippen molar-refractivity contribution in [3.8, 4) is 0 Å². The lowest BCUT2D eigenvalue weighted by Gasteiger charge is -2.07. The summed E-state index contributed by atoms with van der Waals surface area (Å²) in [5.74, 6) is 0.324. The Labute approximate surface area is 128 Å². The van der Waals surface area contributed by atoms with E-state index in [4.69, 9.17) is 0 Å². The van der Waals surface area contributed by atoms with Gasteiger partial charge in [-0.25, -0.2) is 4.79 Å². The van der Waals surface area contributed by atoms with Gasteiger partial charge in [0, 0.05) is 10.6 Å². The molecule has 0 unspecified atom stereocenters. The molecule has 1 aromatic carbocycles. The SMILES string of the molecule is Cc1ccc(NC(=O)Nc2cc(C(C)C)sc2C=O)cc1. The summed E-state index contributed by atoms with van der Waals surface area (Å²) in [6.45, 7) is 6.09. The van der Waals surface area contributed by atoms with Gasteiger partial charge in [0.15, 0.2) is 6.29 Å². The third kappa shape index (κ3) is 3.92. The van der Waals surface area contributed by atoms with Gasteiger partial charge in [-0.3, -0.25) is 4.79 Å². The summed E-state index contributed by atoms with van der Waals surface area (Å²) in [5, 5.41) is 5.48. The second kappa shape index (κ2) is 6.54. The van der Waals surface area contributed by atoms with Crippen LogP contribution < -0.4 is 10.6 Å². The molecule has 0 spiro atoms. The second-order valence-corrected chi connectivity index (χ2v) is 6.26. The van der Waals surface area contributed by atoms with E-state index in [0.29, 0.717) is 22.2 Å². The Kier molecular flexibility index (Phi) is 4.75. The lowest BCUT2D eigenvalue weighted by Crippen LogP contribution is -2.19. The zero-order valence-electron chi connectivity index (χ0n) is 12.3. The number of anilines is 2. The molecule has 2 N–H and O–H groups in total. The maximum absolute atomic E-state index is 12.0. The largest absolute Gasteiger partial charge is 0.323 e. The standard InChI is InChI=1S/C16H18N2O2S/c1-10(2)14-8-13(15(9-19)21-14)18-16(20)17-12-6-4-11(3)5-7-12/h4-10H,1-3H3,(H2,17,18,20). The number of rotatable bonds is 4. The van der Waals surface area contributed by atoms with E-state index >= 15 is 0 Å². The van der Waals surface area contributed by atoms with Crippen molar-refractivity contribution >= 4 is 35.0 Å². The molecule has 0 aliphatic heterocycles. The van der Waals surface area contributed by atoms with Gasteiger partial charge in [-0.05, 0) is 31.0 Å². The number of hydrogen-bond acceptors (Lipinski definition) is 3. The van der Waals surface area contributed by atoms with E-state index in [1.807, 2.05) is 37.3 Å². The number of hydrogen-bond donors (Lipinski definition) is 2. The first-order valence-corrected chi connectivity index (χ1v) is 7.55. The number of amides is 2. The molecule has 2 rings (SSSR count). The van der Waals surface area contributed by atoms with Crippen LogP contribution in [0.3, 0.4) is 0 Å². The number of nitrogens with one attached hydrogen (secondary N) is 2. The monoisotopic (exact) mass is 302 g/mol. The number of carbonyl (C=O) groups excluding carboxylic acids is 2. The molecule has 2 aromatic rings. The van der Waals surface area contributed by atoms with E-state index in [2.05, 4.69) is 24.5 Å². The van der Waals surface area contributed by atoms with Gasteiger partial charge in [-0.15, -0.1) is 11.3 Å². The summed E-state index contributed by atoms with van der Waals surface area (Å²) in [4.78, 5) is 24.7. The second-order valence-electron chi connectivity index (χ2n) is 5.14. The Balaban J connectivity index is 2.08. The Morgan fingerprint density at radius 1 is 1.19 bits per heavy atom. The molecule has 0 radical (unpaired) electrons. The van der Waals surface area contributed by atoms with Gasteiger partial charge in [0.25, 0.3) is 0 Å². The molecule has 21 heavy (non-hydrogen) atoms. The first kappa shape index (κ1) is 15.3. The smallest absolute Gasteiger partial charge is 0.308 e. The average Bonchev–Trinajstić information content (AvgIpc) is 2.84. The van der Waals surface area contributed by atoms with E-state index in [-0.39, 0.29) is 6.03 Å². The Morgan fingerprint density at radius 2 is 1.86 bits per heavy atom. The third-order valence-corrected chi connectivity index (χ3v) is 4.37. The zero-order valence-corrected chi connectivity index (χ0v) is 13.1. The van der Waals surface area contributed by atoms with Crippen LogP contribution in [-0.2, 0) is 0 Å². The molecule has 1 heterocycles. The van der Waals surface area contributed by atoms with Crippen molar-refractivity contribution in [3.05, 3.63) is 45.6 Å². The van der Waals surface area contributed by atoms with Crippen LogP contribution >= 0.6 is 11.3 Å². The van der Waals surface area contributed by atoms with E-state index in [1.54, 1.807) is 0 Å². The summed E-state index contributed by atoms with van der Waals surface area (Å²) in [6, 6.07) is 9.02. The van der Waals surface area contributed by atoms with Gasteiger partial charge in [-0.2, -0.15) is 0 Å². The van der Waals surface area contributed by atoms with E-state index in [9.17, 15) is 9.59 Å². The number of benzene rings is 1. The minimum absolute atomic E-state index is 0.324. The van der Waals surface area contributed by atoms with Crippen LogP contribution in [0.15, 0.2) is 30.3 Å². The summed E-state index contributed by atoms with van der Waals surface area (Å²) in [5.41, 5.74) is 2.40. The predicted octanol–water partition coefficient (Wildman–Crippen LogP) is 4.64.